The fraction of sp³-hybridized carbons (Fsp3) is 0.400. The minimum Gasteiger partial charge on any atom is -0.492 e. The van der Waals surface area contributed by atoms with Gasteiger partial charge in [-0.2, -0.15) is 0 Å². The maximum absolute atomic E-state index is 13.7. The number of hydrogen-bond acceptors (Lipinski definition) is 5. The molecule has 0 bridgehead atoms. The van der Waals surface area contributed by atoms with Crippen molar-refractivity contribution in [3.63, 3.8) is 0 Å². The predicted molar refractivity (Wildman–Crippen MR) is 155 cm³/mol. The van der Waals surface area contributed by atoms with Gasteiger partial charge in [0.2, 0.25) is 0 Å². The van der Waals surface area contributed by atoms with E-state index in [2.05, 4.69) is 31.4 Å². The first kappa shape index (κ1) is 28.0. The molecule has 0 saturated carbocycles. The molecule has 38 heavy (non-hydrogen) atoms. The standard InChI is InChI=1S/C30H35ClN2O4S/c1-6-36-23-10-8-7-9-22(23)32-28(35)27-20-13-12-19(30(3,4)5)16-25(20)38-29(27)33-26(34)17-37-24-15-18(2)11-14-21(24)31/h7-11,14-15,19H,6,12-13,16-17H2,1-5H3,(H,32,35)(H,33,34)/t19-/m1/s1. The Hall–Kier alpha value is -3.03. The van der Waals surface area contributed by atoms with Gasteiger partial charge in [-0.3, -0.25) is 9.59 Å². The van der Waals surface area contributed by atoms with Crippen molar-refractivity contribution in [3.05, 3.63) is 69.1 Å². The number of aryl methyl sites for hydroxylation is 1. The lowest BCUT2D eigenvalue weighted by Gasteiger charge is -2.33. The van der Waals surface area contributed by atoms with Crippen molar-refractivity contribution < 1.29 is 19.1 Å². The van der Waals surface area contributed by atoms with Crippen molar-refractivity contribution in [2.24, 2.45) is 11.3 Å². The molecule has 1 aliphatic rings. The molecular weight excluding hydrogens is 520 g/mol. The maximum atomic E-state index is 13.7. The minimum absolute atomic E-state index is 0.158. The van der Waals surface area contributed by atoms with E-state index in [1.165, 1.54) is 11.3 Å². The third kappa shape index (κ3) is 6.51. The molecule has 3 aromatic rings. The Balaban J connectivity index is 1.60. The van der Waals surface area contributed by atoms with E-state index in [1.54, 1.807) is 12.1 Å². The molecule has 0 unspecified atom stereocenters. The summed E-state index contributed by atoms with van der Waals surface area (Å²) in [6.07, 6.45) is 2.66. The Morgan fingerprint density at radius 3 is 2.58 bits per heavy atom. The first-order valence-corrected chi connectivity index (χ1v) is 14.1. The highest BCUT2D eigenvalue weighted by molar-refractivity contribution is 7.17. The second-order valence-electron chi connectivity index (χ2n) is 10.7. The summed E-state index contributed by atoms with van der Waals surface area (Å²) in [5, 5.41) is 6.95. The fourth-order valence-corrected chi connectivity index (χ4v) is 6.23. The van der Waals surface area contributed by atoms with E-state index in [4.69, 9.17) is 21.1 Å². The van der Waals surface area contributed by atoms with E-state index in [0.717, 1.165) is 35.3 Å². The largest absolute Gasteiger partial charge is 0.492 e. The molecular formula is C30H35ClN2O4S. The number of para-hydroxylation sites is 2. The van der Waals surface area contributed by atoms with Gasteiger partial charge in [0.25, 0.3) is 11.8 Å². The number of halogens is 1. The van der Waals surface area contributed by atoms with Crippen molar-refractivity contribution in [2.75, 3.05) is 23.8 Å². The van der Waals surface area contributed by atoms with Gasteiger partial charge in [-0.15, -0.1) is 11.3 Å². The predicted octanol–water partition coefficient (Wildman–Crippen LogP) is 7.53. The zero-order valence-corrected chi connectivity index (χ0v) is 24.1. The molecule has 2 aromatic carbocycles. The van der Waals surface area contributed by atoms with E-state index in [-0.39, 0.29) is 23.8 Å². The fourth-order valence-electron chi connectivity index (χ4n) is 4.72. The van der Waals surface area contributed by atoms with Gasteiger partial charge >= 0.3 is 0 Å². The van der Waals surface area contributed by atoms with Gasteiger partial charge in [-0.1, -0.05) is 50.6 Å². The lowest BCUT2D eigenvalue weighted by molar-refractivity contribution is -0.118. The summed E-state index contributed by atoms with van der Waals surface area (Å²) in [4.78, 5) is 27.8. The average Bonchev–Trinajstić information content (AvgIpc) is 3.22. The van der Waals surface area contributed by atoms with Gasteiger partial charge in [-0.25, -0.2) is 0 Å². The summed E-state index contributed by atoms with van der Waals surface area (Å²) in [6, 6.07) is 12.8. The molecule has 1 aromatic heterocycles. The number of anilines is 2. The van der Waals surface area contributed by atoms with Crippen molar-refractivity contribution in [3.8, 4) is 11.5 Å². The number of carbonyl (C=O) groups is 2. The first-order valence-electron chi connectivity index (χ1n) is 12.9. The quantitative estimate of drug-likeness (QED) is 0.302. The molecule has 0 radical (unpaired) electrons. The van der Waals surface area contributed by atoms with E-state index < -0.39 is 0 Å². The summed E-state index contributed by atoms with van der Waals surface area (Å²) >= 11 is 7.71. The number of benzene rings is 2. The third-order valence-corrected chi connectivity index (χ3v) is 8.33. The Labute approximate surface area is 233 Å². The highest BCUT2D eigenvalue weighted by atomic mass is 35.5. The summed E-state index contributed by atoms with van der Waals surface area (Å²) in [7, 11) is 0. The molecule has 1 aliphatic carbocycles. The molecule has 0 saturated heterocycles. The lowest BCUT2D eigenvalue weighted by atomic mass is 9.72. The molecule has 2 amide bonds. The molecule has 8 heteroatoms. The van der Waals surface area contributed by atoms with Gasteiger partial charge < -0.3 is 20.1 Å². The molecule has 2 N–H and O–H groups in total. The van der Waals surface area contributed by atoms with Crippen LogP contribution in [0.5, 0.6) is 11.5 Å². The smallest absolute Gasteiger partial charge is 0.262 e. The first-order chi connectivity index (χ1) is 18.1. The molecule has 6 nitrogen and oxygen atoms in total. The Bertz CT molecular complexity index is 1330. The molecule has 0 fully saturated rings. The maximum Gasteiger partial charge on any atom is 0.262 e. The molecule has 1 atom stereocenters. The van der Waals surface area contributed by atoms with Crippen LogP contribution in [0.25, 0.3) is 0 Å². The minimum atomic E-state index is -0.350. The Morgan fingerprint density at radius 1 is 1.08 bits per heavy atom. The van der Waals surface area contributed by atoms with Gasteiger partial charge in [0.15, 0.2) is 6.61 Å². The van der Waals surface area contributed by atoms with Gasteiger partial charge in [0.05, 0.1) is 22.9 Å². The normalized spacial score (nSPS) is 14.9. The number of amides is 2. The third-order valence-electron chi connectivity index (χ3n) is 6.85. The zero-order chi connectivity index (χ0) is 27.4. The number of ether oxygens (including phenoxy) is 2. The molecule has 202 valence electrons. The summed E-state index contributed by atoms with van der Waals surface area (Å²) in [5.74, 6) is 0.942. The molecule has 4 rings (SSSR count). The van der Waals surface area contributed by atoms with E-state index >= 15 is 0 Å². The number of rotatable bonds is 8. The van der Waals surface area contributed by atoms with Crippen LogP contribution < -0.4 is 20.1 Å². The van der Waals surface area contributed by atoms with Crippen LogP contribution in [0.1, 0.15) is 60.5 Å². The number of thiophene rings is 1. The van der Waals surface area contributed by atoms with Gasteiger partial charge in [0.1, 0.15) is 16.5 Å². The Kier molecular flexibility index (Phi) is 8.68. The molecule has 0 aliphatic heterocycles. The SMILES string of the molecule is CCOc1ccccc1NC(=O)c1c(NC(=O)COc2cc(C)ccc2Cl)sc2c1CC[C@@H](C(C)(C)C)C2. The highest BCUT2D eigenvalue weighted by Gasteiger charge is 2.34. The van der Waals surface area contributed by atoms with Crippen LogP contribution >= 0.6 is 22.9 Å². The average molecular weight is 555 g/mol. The number of hydrogen-bond donors (Lipinski definition) is 2. The van der Waals surface area contributed by atoms with Crippen molar-refractivity contribution in [1.29, 1.82) is 0 Å². The van der Waals surface area contributed by atoms with E-state index in [1.807, 2.05) is 44.2 Å². The molecule has 0 spiro atoms. The second kappa shape index (κ2) is 11.8. The van der Waals surface area contributed by atoms with Crippen LogP contribution in [0, 0.1) is 18.3 Å². The van der Waals surface area contributed by atoms with E-state index in [9.17, 15) is 9.59 Å². The van der Waals surface area contributed by atoms with Crippen LogP contribution in [-0.4, -0.2) is 25.0 Å². The Morgan fingerprint density at radius 2 is 1.84 bits per heavy atom. The number of nitrogens with one attached hydrogen (secondary N) is 2. The monoisotopic (exact) mass is 554 g/mol. The summed E-state index contributed by atoms with van der Waals surface area (Å²) < 4.78 is 11.4. The highest BCUT2D eigenvalue weighted by Crippen LogP contribution is 2.44. The summed E-state index contributed by atoms with van der Waals surface area (Å²) in [5.41, 5.74) is 3.27. The van der Waals surface area contributed by atoms with Crippen molar-refractivity contribution in [2.45, 2.75) is 53.9 Å². The zero-order valence-electron chi connectivity index (χ0n) is 22.6. The number of carbonyl (C=O) groups excluding carboxylic acids is 2. The van der Waals surface area contributed by atoms with Crippen LogP contribution in [0.2, 0.25) is 5.02 Å². The lowest BCUT2D eigenvalue weighted by Crippen LogP contribution is -2.27. The van der Waals surface area contributed by atoms with Crippen LogP contribution in [0.15, 0.2) is 42.5 Å². The number of fused-ring (bicyclic) bond motifs is 1. The van der Waals surface area contributed by atoms with Gasteiger partial charge in [0, 0.05) is 4.88 Å². The van der Waals surface area contributed by atoms with E-state index in [0.29, 0.717) is 45.3 Å². The second-order valence-corrected chi connectivity index (χ2v) is 12.2. The van der Waals surface area contributed by atoms with Gasteiger partial charge in [-0.05, 0) is 79.8 Å². The van der Waals surface area contributed by atoms with Crippen LogP contribution in [0.4, 0.5) is 10.7 Å². The summed E-state index contributed by atoms with van der Waals surface area (Å²) in [6.45, 7) is 10.9. The molecule has 1 heterocycles. The van der Waals surface area contributed by atoms with Crippen LogP contribution in [-0.2, 0) is 17.6 Å². The van der Waals surface area contributed by atoms with Crippen molar-refractivity contribution in [1.82, 2.24) is 0 Å². The van der Waals surface area contributed by atoms with Crippen molar-refractivity contribution >= 4 is 45.4 Å². The van der Waals surface area contributed by atoms with Crippen LogP contribution in [0.3, 0.4) is 0 Å². The topological polar surface area (TPSA) is 76.7 Å².